The van der Waals surface area contributed by atoms with Gasteiger partial charge in [0.25, 0.3) is 0 Å². The van der Waals surface area contributed by atoms with E-state index < -0.39 is 35.8 Å². The Hall–Kier alpha value is -3.66. The molecule has 0 heterocycles. The molecule has 0 unspecified atom stereocenters. The van der Waals surface area contributed by atoms with E-state index in [9.17, 15) is 14.4 Å². The van der Waals surface area contributed by atoms with Crippen molar-refractivity contribution in [1.82, 2.24) is 15.5 Å². The van der Waals surface area contributed by atoms with E-state index in [0.29, 0.717) is 31.8 Å². The molecule has 3 atom stereocenters. The topological polar surface area (TPSA) is 169 Å². The van der Waals surface area contributed by atoms with Gasteiger partial charge in [-0.15, -0.1) is 0 Å². The Bertz CT molecular complexity index is 1100. The van der Waals surface area contributed by atoms with Gasteiger partial charge < -0.3 is 32.7 Å². The first kappa shape index (κ1) is 29.6. The summed E-state index contributed by atoms with van der Waals surface area (Å²) in [4.78, 5) is 44.1. The van der Waals surface area contributed by atoms with Crippen molar-refractivity contribution in [2.75, 3.05) is 20.6 Å². The Kier molecular flexibility index (Phi) is 11.3. The molecule has 0 aliphatic rings. The number of hydrogen-bond donors (Lipinski definition) is 5. The Labute approximate surface area is 219 Å². The highest BCUT2D eigenvalue weighted by molar-refractivity contribution is 5.93. The van der Waals surface area contributed by atoms with Crippen molar-refractivity contribution in [3.05, 3.63) is 48.0 Å². The molecule has 0 spiro atoms. The van der Waals surface area contributed by atoms with Gasteiger partial charge in [-0.25, -0.2) is 0 Å². The first-order valence-electron chi connectivity index (χ1n) is 12.6. The van der Waals surface area contributed by atoms with Gasteiger partial charge in [0.1, 0.15) is 12.1 Å². The molecule has 0 radical (unpaired) electrons. The van der Waals surface area contributed by atoms with Gasteiger partial charge in [-0.3, -0.25) is 19.4 Å². The third-order valence-electron chi connectivity index (χ3n) is 6.05. The van der Waals surface area contributed by atoms with Crippen LogP contribution in [0.25, 0.3) is 10.8 Å². The van der Waals surface area contributed by atoms with Crippen molar-refractivity contribution in [3.63, 3.8) is 0 Å². The van der Waals surface area contributed by atoms with Crippen molar-refractivity contribution in [2.24, 2.45) is 28.1 Å². The number of nitrogens with one attached hydrogen (secondary N) is 2. The van der Waals surface area contributed by atoms with Crippen molar-refractivity contribution in [2.45, 2.75) is 57.7 Å². The third kappa shape index (κ3) is 9.38. The smallest absolute Gasteiger partial charge is 0.243 e. The first-order valence-corrected chi connectivity index (χ1v) is 12.6. The second kappa shape index (κ2) is 14.2. The standard InChI is InChI=1S/C27H41N7O3/c1-17(2)15-23(33-25(36)21(28)13-8-14-31-27(30)34(3)4)26(37)32-22(24(29)35)16-19-11-7-10-18-9-5-6-12-20(18)19/h5-7,9-12,17,21-23H,8,13-16,28H2,1-4H3,(H2,29,35)(H2,30,31)(H,32,37)(H,33,36)/t21-,22-,23-/m0/s1. The summed E-state index contributed by atoms with van der Waals surface area (Å²) >= 11 is 0. The zero-order valence-corrected chi connectivity index (χ0v) is 22.2. The lowest BCUT2D eigenvalue weighted by atomic mass is 9.97. The molecular formula is C27H41N7O3. The van der Waals surface area contributed by atoms with Crippen molar-refractivity contribution < 1.29 is 14.4 Å². The lowest BCUT2D eigenvalue weighted by Crippen LogP contribution is -2.56. The maximum absolute atomic E-state index is 13.2. The van der Waals surface area contributed by atoms with E-state index in [0.717, 1.165) is 16.3 Å². The Morgan fingerprint density at radius 1 is 0.946 bits per heavy atom. The summed E-state index contributed by atoms with van der Waals surface area (Å²) in [6.45, 7) is 4.33. The predicted molar refractivity (Wildman–Crippen MR) is 148 cm³/mol. The highest BCUT2D eigenvalue weighted by atomic mass is 16.2. The number of rotatable bonds is 13. The number of hydrogen-bond acceptors (Lipinski definition) is 5. The number of nitrogens with two attached hydrogens (primary N) is 3. The third-order valence-corrected chi connectivity index (χ3v) is 6.05. The lowest BCUT2D eigenvalue weighted by molar-refractivity contribution is -0.132. The Morgan fingerprint density at radius 3 is 2.24 bits per heavy atom. The molecule has 2 rings (SSSR count). The average molecular weight is 512 g/mol. The lowest BCUT2D eigenvalue weighted by Gasteiger charge is -2.24. The fraction of sp³-hybridized carbons (Fsp3) is 0.481. The van der Waals surface area contributed by atoms with Crippen LogP contribution < -0.4 is 27.8 Å². The fourth-order valence-corrected chi connectivity index (χ4v) is 3.94. The Morgan fingerprint density at radius 2 is 1.59 bits per heavy atom. The summed E-state index contributed by atoms with van der Waals surface area (Å²) in [5, 5.41) is 7.52. The number of nitrogens with zero attached hydrogens (tertiary/aromatic N) is 2. The minimum Gasteiger partial charge on any atom is -0.370 e. The summed E-state index contributed by atoms with van der Waals surface area (Å²) in [6, 6.07) is 11.0. The van der Waals surface area contributed by atoms with E-state index in [1.165, 1.54) is 0 Å². The normalized spacial score (nSPS) is 14.2. The second-order valence-electron chi connectivity index (χ2n) is 9.88. The molecule has 0 saturated carbocycles. The summed E-state index contributed by atoms with van der Waals surface area (Å²) in [6.07, 6.45) is 1.57. The van der Waals surface area contributed by atoms with Crippen molar-refractivity contribution >= 4 is 34.5 Å². The van der Waals surface area contributed by atoms with Crippen LogP contribution in [0.4, 0.5) is 0 Å². The average Bonchev–Trinajstić information content (AvgIpc) is 2.85. The second-order valence-corrected chi connectivity index (χ2v) is 9.88. The van der Waals surface area contributed by atoms with Crippen LogP contribution in [0.5, 0.6) is 0 Å². The summed E-state index contributed by atoms with van der Waals surface area (Å²) < 4.78 is 0. The van der Waals surface area contributed by atoms with Gasteiger partial charge in [0.2, 0.25) is 17.7 Å². The van der Waals surface area contributed by atoms with E-state index in [1.807, 2.05) is 56.3 Å². The molecule has 202 valence electrons. The number of fused-ring (bicyclic) bond motifs is 1. The van der Waals surface area contributed by atoms with Crippen molar-refractivity contribution in [3.8, 4) is 0 Å². The Balaban J connectivity index is 2.05. The van der Waals surface area contributed by atoms with Gasteiger partial charge in [-0.1, -0.05) is 56.3 Å². The zero-order chi connectivity index (χ0) is 27.5. The molecular weight excluding hydrogens is 470 g/mol. The zero-order valence-electron chi connectivity index (χ0n) is 22.2. The number of aliphatic imine (C=N–C) groups is 1. The minimum atomic E-state index is -0.932. The number of carbonyl (C=O) groups is 3. The van der Waals surface area contributed by atoms with Crippen LogP contribution in [-0.2, 0) is 20.8 Å². The van der Waals surface area contributed by atoms with Crippen LogP contribution in [0, 0.1) is 5.92 Å². The van der Waals surface area contributed by atoms with E-state index in [-0.39, 0.29) is 12.3 Å². The van der Waals surface area contributed by atoms with Gasteiger partial charge in [-0.2, -0.15) is 0 Å². The molecule has 10 nitrogen and oxygen atoms in total. The van der Waals surface area contributed by atoms with Gasteiger partial charge in [0, 0.05) is 27.1 Å². The highest BCUT2D eigenvalue weighted by Crippen LogP contribution is 2.20. The van der Waals surface area contributed by atoms with E-state index >= 15 is 0 Å². The molecule has 0 saturated heterocycles. The number of amides is 3. The SMILES string of the molecule is CC(C)C[C@H](NC(=O)[C@@H](N)CCCN=C(N)N(C)C)C(=O)N[C@@H](Cc1cccc2ccccc12)C(N)=O. The van der Waals surface area contributed by atoms with Gasteiger partial charge in [0.05, 0.1) is 6.04 Å². The van der Waals surface area contributed by atoms with Crippen LogP contribution in [0.1, 0.15) is 38.7 Å². The number of benzene rings is 2. The summed E-state index contributed by atoms with van der Waals surface area (Å²) in [5.41, 5.74) is 18.4. The van der Waals surface area contributed by atoms with Gasteiger partial charge in [-0.05, 0) is 41.5 Å². The van der Waals surface area contributed by atoms with Crippen LogP contribution in [0.15, 0.2) is 47.5 Å². The van der Waals surface area contributed by atoms with Crippen LogP contribution in [-0.4, -0.2) is 67.3 Å². The van der Waals surface area contributed by atoms with Gasteiger partial charge >= 0.3 is 0 Å². The predicted octanol–water partition coefficient (Wildman–Crippen LogP) is 0.867. The van der Waals surface area contributed by atoms with Crippen LogP contribution >= 0.6 is 0 Å². The fourth-order valence-electron chi connectivity index (χ4n) is 3.94. The quantitative estimate of drug-likeness (QED) is 0.152. The molecule has 37 heavy (non-hydrogen) atoms. The van der Waals surface area contributed by atoms with E-state index in [4.69, 9.17) is 17.2 Å². The number of carbonyl (C=O) groups excluding carboxylic acids is 3. The monoisotopic (exact) mass is 511 g/mol. The molecule has 2 aromatic carbocycles. The van der Waals surface area contributed by atoms with E-state index in [2.05, 4.69) is 15.6 Å². The molecule has 0 aromatic heterocycles. The first-order chi connectivity index (χ1) is 17.5. The highest BCUT2D eigenvalue weighted by Gasteiger charge is 2.28. The van der Waals surface area contributed by atoms with Crippen LogP contribution in [0.3, 0.4) is 0 Å². The maximum atomic E-state index is 13.2. The molecule has 8 N–H and O–H groups in total. The molecule has 2 aromatic rings. The maximum Gasteiger partial charge on any atom is 0.243 e. The van der Waals surface area contributed by atoms with Crippen molar-refractivity contribution in [1.29, 1.82) is 0 Å². The van der Waals surface area contributed by atoms with Crippen LogP contribution in [0.2, 0.25) is 0 Å². The summed E-state index contributed by atoms with van der Waals surface area (Å²) in [5.74, 6) is -1.04. The van der Waals surface area contributed by atoms with E-state index in [1.54, 1.807) is 19.0 Å². The number of guanidine groups is 1. The minimum absolute atomic E-state index is 0.112. The molecule has 0 aliphatic heterocycles. The largest absolute Gasteiger partial charge is 0.370 e. The molecule has 0 aliphatic carbocycles. The molecule has 10 heteroatoms. The number of primary amides is 1. The van der Waals surface area contributed by atoms with Gasteiger partial charge in [0.15, 0.2) is 5.96 Å². The molecule has 3 amide bonds. The summed E-state index contributed by atoms with van der Waals surface area (Å²) in [7, 11) is 3.59. The molecule has 0 bridgehead atoms. The molecule has 0 fully saturated rings.